The van der Waals surface area contributed by atoms with Crippen molar-refractivity contribution < 1.29 is 28.2 Å². The van der Waals surface area contributed by atoms with E-state index in [2.05, 4.69) is 20.6 Å². The van der Waals surface area contributed by atoms with Crippen molar-refractivity contribution in [3.63, 3.8) is 0 Å². The number of aliphatic imine (C=N–C) groups is 2. The molecule has 0 saturated carbocycles. The Bertz CT molecular complexity index is 1590. The number of rotatable bonds is 8. The van der Waals surface area contributed by atoms with Gasteiger partial charge in [0.2, 0.25) is 18.6 Å². The minimum absolute atomic E-state index is 0.0254. The van der Waals surface area contributed by atoms with Crippen LogP contribution in [0.15, 0.2) is 76.7 Å². The molecule has 3 heterocycles. The zero-order valence-corrected chi connectivity index (χ0v) is 22.4. The summed E-state index contributed by atoms with van der Waals surface area (Å²) in [4.78, 5) is 49.3. The molecule has 0 fully saturated rings. The molecule has 0 spiro atoms. The van der Waals surface area contributed by atoms with Gasteiger partial charge in [-0.2, -0.15) is 0 Å². The van der Waals surface area contributed by atoms with Gasteiger partial charge < -0.3 is 20.1 Å². The van der Waals surface area contributed by atoms with Crippen LogP contribution in [0.2, 0.25) is 0 Å². The molecule has 0 radical (unpaired) electrons. The number of anilines is 1. The lowest BCUT2D eigenvalue weighted by molar-refractivity contribution is -0.125. The van der Waals surface area contributed by atoms with Crippen LogP contribution in [0.5, 0.6) is 11.5 Å². The van der Waals surface area contributed by atoms with E-state index in [4.69, 9.17) is 9.47 Å². The van der Waals surface area contributed by atoms with E-state index in [0.717, 1.165) is 17.3 Å². The quantitative estimate of drug-likeness (QED) is 0.421. The Morgan fingerprint density at radius 2 is 1.83 bits per heavy atom. The fraction of sp³-hybridized carbons (Fsp3) is 0.207. The molecule has 0 unspecified atom stereocenters. The predicted molar refractivity (Wildman–Crippen MR) is 152 cm³/mol. The smallest absolute Gasteiger partial charge is 0.259 e. The zero-order chi connectivity index (χ0) is 28.3. The second-order valence-electron chi connectivity index (χ2n) is 9.40. The lowest BCUT2D eigenvalue weighted by Gasteiger charge is -2.25. The fourth-order valence-corrected chi connectivity index (χ4v) is 5.36. The third-order valence-electron chi connectivity index (χ3n) is 6.58. The SMILES string of the molecule is O=C(CC[C@H]1N=C2c3ccccc3N=C(SCC(=O)Nc3ccc(F)cc3)N2C1=O)NCc1ccc2c(c1)OCO2. The highest BCUT2D eigenvalue weighted by Gasteiger charge is 2.41. The van der Waals surface area contributed by atoms with Crippen LogP contribution in [0.3, 0.4) is 0 Å². The Morgan fingerprint density at radius 1 is 1.02 bits per heavy atom. The Labute approximate surface area is 238 Å². The number of hydrogen-bond donors (Lipinski definition) is 2. The number of amides is 3. The molecule has 6 rings (SSSR count). The number of nitrogens with one attached hydrogen (secondary N) is 2. The number of halogens is 1. The van der Waals surface area contributed by atoms with E-state index in [1.165, 1.54) is 29.2 Å². The van der Waals surface area contributed by atoms with Crippen LogP contribution >= 0.6 is 11.8 Å². The third kappa shape index (κ3) is 5.78. The molecule has 3 aliphatic rings. The van der Waals surface area contributed by atoms with Gasteiger partial charge in [-0.3, -0.25) is 19.4 Å². The average molecular weight is 574 g/mol. The molecule has 10 nitrogen and oxygen atoms in total. The number of carbonyl (C=O) groups excluding carboxylic acids is 3. The average Bonchev–Trinajstić information content (AvgIpc) is 3.59. The van der Waals surface area contributed by atoms with Gasteiger partial charge in [0.05, 0.1) is 11.4 Å². The zero-order valence-electron chi connectivity index (χ0n) is 21.6. The van der Waals surface area contributed by atoms with Gasteiger partial charge in [-0.1, -0.05) is 30.0 Å². The maximum atomic E-state index is 13.5. The minimum atomic E-state index is -0.758. The summed E-state index contributed by atoms with van der Waals surface area (Å²) < 4.78 is 23.9. The van der Waals surface area contributed by atoms with Crippen molar-refractivity contribution in [1.29, 1.82) is 0 Å². The van der Waals surface area contributed by atoms with Crippen molar-refractivity contribution in [2.24, 2.45) is 9.98 Å². The second kappa shape index (κ2) is 11.4. The number of ether oxygens (including phenoxy) is 2. The minimum Gasteiger partial charge on any atom is -0.454 e. The molecule has 0 bridgehead atoms. The number of benzene rings is 3. The maximum absolute atomic E-state index is 13.5. The Kier molecular flexibility index (Phi) is 7.38. The van der Waals surface area contributed by atoms with Crippen LogP contribution in [-0.2, 0) is 20.9 Å². The van der Waals surface area contributed by atoms with Crippen LogP contribution in [0.4, 0.5) is 15.8 Å². The van der Waals surface area contributed by atoms with Crippen molar-refractivity contribution in [3.05, 3.63) is 83.7 Å². The number of hydrogen-bond acceptors (Lipinski definition) is 8. The summed E-state index contributed by atoms with van der Waals surface area (Å²) in [6, 6.07) is 17.5. The number of carbonyl (C=O) groups is 3. The summed E-state index contributed by atoms with van der Waals surface area (Å²) in [5.74, 6) is 0.504. The molecule has 3 aromatic carbocycles. The van der Waals surface area contributed by atoms with E-state index in [1.807, 2.05) is 36.4 Å². The number of fused-ring (bicyclic) bond motifs is 4. The Hall–Kier alpha value is -4.71. The van der Waals surface area contributed by atoms with Gasteiger partial charge in [0.1, 0.15) is 17.7 Å². The summed E-state index contributed by atoms with van der Waals surface area (Å²) in [6.07, 6.45) is 0.323. The first kappa shape index (κ1) is 26.5. The highest BCUT2D eigenvalue weighted by atomic mass is 32.2. The summed E-state index contributed by atoms with van der Waals surface area (Å²) in [5, 5.41) is 5.90. The van der Waals surface area contributed by atoms with Crippen LogP contribution in [-0.4, -0.2) is 52.2 Å². The standard InChI is InChI=1S/C29H24FN5O5S/c30-18-6-8-19(9-7-18)32-26(37)15-41-29-34-21-4-2-1-3-20(21)27-33-22(28(38)35(27)29)10-12-25(36)31-14-17-5-11-23-24(13-17)40-16-39-23/h1-9,11,13,22H,10,12,14-16H2,(H,31,36)(H,32,37)/t22-/m1/s1. The van der Waals surface area contributed by atoms with E-state index in [-0.39, 0.29) is 43.1 Å². The Morgan fingerprint density at radius 3 is 2.68 bits per heavy atom. The van der Waals surface area contributed by atoms with Crippen LogP contribution in [0, 0.1) is 5.82 Å². The third-order valence-corrected chi connectivity index (χ3v) is 7.52. The van der Waals surface area contributed by atoms with Crippen LogP contribution < -0.4 is 20.1 Å². The molecule has 3 aliphatic heterocycles. The monoisotopic (exact) mass is 573 g/mol. The van der Waals surface area contributed by atoms with Gasteiger partial charge in [-0.15, -0.1) is 0 Å². The van der Waals surface area contributed by atoms with E-state index < -0.39 is 11.9 Å². The van der Waals surface area contributed by atoms with Crippen LogP contribution in [0.25, 0.3) is 0 Å². The van der Waals surface area contributed by atoms with Crippen LogP contribution in [0.1, 0.15) is 24.0 Å². The fourth-order valence-electron chi connectivity index (χ4n) is 4.56. The first-order valence-corrected chi connectivity index (χ1v) is 13.9. The van der Waals surface area contributed by atoms with Gasteiger partial charge in [0.15, 0.2) is 16.7 Å². The van der Waals surface area contributed by atoms with Gasteiger partial charge >= 0.3 is 0 Å². The van der Waals surface area contributed by atoms with Gasteiger partial charge in [0.25, 0.3) is 5.91 Å². The van der Waals surface area contributed by atoms with Crippen molar-refractivity contribution in [3.8, 4) is 11.5 Å². The summed E-state index contributed by atoms with van der Waals surface area (Å²) in [6.45, 7) is 0.494. The summed E-state index contributed by atoms with van der Waals surface area (Å²) in [7, 11) is 0. The molecular formula is C29H24FN5O5S. The molecule has 3 aromatic rings. The first-order valence-electron chi connectivity index (χ1n) is 12.9. The second-order valence-corrected chi connectivity index (χ2v) is 10.3. The molecule has 1 atom stereocenters. The molecule has 3 amide bonds. The topological polar surface area (TPSA) is 122 Å². The Balaban J connectivity index is 1.08. The van der Waals surface area contributed by atoms with Gasteiger partial charge in [-0.05, 0) is 60.5 Å². The predicted octanol–water partition coefficient (Wildman–Crippen LogP) is 3.98. The van der Waals surface area contributed by atoms with E-state index in [0.29, 0.717) is 46.0 Å². The summed E-state index contributed by atoms with van der Waals surface area (Å²) >= 11 is 1.10. The molecule has 0 saturated heterocycles. The molecule has 12 heteroatoms. The molecule has 0 aromatic heterocycles. The largest absolute Gasteiger partial charge is 0.454 e. The molecular weight excluding hydrogens is 549 g/mol. The van der Waals surface area contributed by atoms with E-state index in [9.17, 15) is 18.8 Å². The van der Waals surface area contributed by atoms with Gasteiger partial charge in [-0.25, -0.2) is 14.3 Å². The highest BCUT2D eigenvalue weighted by molar-refractivity contribution is 8.14. The van der Waals surface area contributed by atoms with Crippen molar-refractivity contribution in [1.82, 2.24) is 10.2 Å². The van der Waals surface area contributed by atoms with Crippen molar-refractivity contribution in [2.45, 2.75) is 25.4 Å². The highest BCUT2D eigenvalue weighted by Crippen LogP contribution is 2.35. The number of para-hydroxylation sites is 1. The number of amidine groups is 2. The van der Waals surface area contributed by atoms with Crippen molar-refractivity contribution in [2.75, 3.05) is 17.9 Å². The van der Waals surface area contributed by atoms with E-state index in [1.54, 1.807) is 6.07 Å². The summed E-state index contributed by atoms with van der Waals surface area (Å²) in [5.41, 5.74) is 2.67. The van der Waals surface area contributed by atoms with Gasteiger partial charge in [0, 0.05) is 24.2 Å². The lowest BCUT2D eigenvalue weighted by Crippen LogP contribution is -2.41. The lowest BCUT2D eigenvalue weighted by atomic mass is 10.1. The number of nitrogens with zero attached hydrogens (tertiary/aromatic N) is 3. The maximum Gasteiger partial charge on any atom is 0.259 e. The molecule has 2 N–H and O–H groups in total. The molecule has 208 valence electrons. The van der Waals surface area contributed by atoms with Crippen molar-refractivity contribution >= 4 is 51.9 Å². The molecule has 0 aliphatic carbocycles. The number of thioether (sulfide) groups is 1. The molecule has 41 heavy (non-hydrogen) atoms. The van der Waals surface area contributed by atoms with E-state index >= 15 is 0 Å². The normalized spacial score (nSPS) is 16.5. The first-order chi connectivity index (χ1) is 19.9.